The van der Waals surface area contributed by atoms with E-state index in [-0.39, 0.29) is 0 Å². The summed E-state index contributed by atoms with van der Waals surface area (Å²) in [5.41, 5.74) is 12.2. The van der Waals surface area contributed by atoms with E-state index in [9.17, 15) is 0 Å². The van der Waals surface area contributed by atoms with Gasteiger partial charge in [-0.1, -0.05) is 34.1 Å². The lowest BCUT2D eigenvalue weighted by Crippen LogP contribution is -2.24. The van der Waals surface area contributed by atoms with Crippen LogP contribution in [0.3, 0.4) is 0 Å². The Balaban J connectivity index is 2.11. The van der Waals surface area contributed by atoms with Gasteiger partial charge in [0.05, 0.1) is 0 Å². The second-order valence-corrected chi connectivity index (χ2v) is 6.89. The molecule has 1 aliphatic rings. The van der Waals surface area contributed by atoms with E-state index in [1.165, 1.54) is 26.7 Å². The van der Waals surface area contributed by atoms with Crippen LogP contribution in [0.1, 0.15) is 28.2 Å². The Hall–Kier alpha value is -1.32. The van der Waals surface area contributed by atoms with Crippen LogP contribution in [0.25, 0.3) is 0 Å². The van der Waals surface area contributed by atoms with Gasteiger partial charge in [-0.15, -0.1) is 0 Å². The van der Waals surface area contributed by atoms with Crippen molar-refractivity contribution in [3.8, 4) is 0 Å². The zero-order chi connectivity index (χ0) is 15.0. The van der Waals surface area contributed by atoms with Gasteiger partial charge in [-0.05, 0) is 60.8 Å². The van der Waals surface area contributed by atoms with Crippen molar-refractivity contribution in [2.45, 2.75) is 19.3 Å². The van der Waals surface area contributed by atoms with Gasteiger partial charge in [0.1, 0.15) is 0 Å². The van der Waals surface area contributed by atoms with Crippen LogP contribution in [0.4, 0.5) is 5.69 Å². The highest BCUT2D eigenvalue weighted by Gasteiger charge is 2.23. The van der Waals surface area contributed by atoms with E-state index in [0.29, 0.717) is 5.92 Å². The number of anilines is 1. The van der Waals surface area contributed by atoms with Crippen molar-refractivity contribution in [3.63, 3.8) is 0 Å². The van der Waals surface area contributed by atoms with E-state index in [1.807, 2.05) is 12.1 Å². The summed E-state index contributed by atoms with van der Waals surface area (Å²) in [6.45, 7) is 4.32. The Bertz CT molecular complexity index is 649. The highest BCUT2D eigenvalue weighted by Crippen LogP contribution is 2.34. The van der Waals surface area contributed by atoms with Crippen molar-refractivity contribution in [3.05, 3.63) is 63.1 Å². The fraction of sp³-hybridized carbons (Fsp3) is 0.333. The second kappa shape index (κ2) is 5.82. The summed E-state index contributed by atoms with van der Waals surface area (Å²) < 4.78 is 1.21. The Morgan fingerprint density at radius 2 is 1.90 bits per heavy atom. The first-order valence-electron chi connectivity index (χ1n) is 7.37. The predicted molar refractivity (Wildman–Crippen MR) is 92.8 cm³/mol. The molecule has 0 bridgehead atoms. The number of hydrogen-bond donors (Lipinski definition) is 1. The Kier molecular flexibility index (Phi) is 4.05. The first-order chi connectivity index (χ1) is 10.0. The second-order valence-electron chi connectivity index (χ2n) is 6.03. The number of nitrogens with zero attached hydrogens (tertiary/aromatic N) is 1. The average molecular weight is 345 g/mol. The molecule has 0 amide bonds. The molecule has 2 aromatic carbocycles. The van der Waals surface area contributed by atoms with Gasteiger partial charge < -0.3 is 10.6 Å². The van der Waals surface area contributed by atoms with Crippen LogP contribution in [0.15, 0.2) is 40.9 Å². The first-order valence-corrected chi connectivity index (χ1v) is 8.17. The smallest absolute Gasteiger partial charge is 0.0314 e. The summed E-state index contributed by atoms with van der Waals surface area (Å²) in [5, 5.41) is 0. The van der Waals surface area contributed by atoms with Crippen LogP contribution < -0.4 is 5.73 Å². The van der Waals surface area contributed by atoms with Gasteiger partial charge in [0.15, 0.2) is 0 Å². The number of nitrogens with two attached hydrogens (primary N) is 1. The molecular weight excluding hydrogens is 324 g/mol. The van der Waals surface area contributed by atoms with E-state index in [2.05, 4.69) is 59.1 Å². The molecule has 0 aromatic heterocycles. The summed E-state index contributed by atoms with van der Waals surface area (Å²) in [6, 6.07) is 13.0. The number of rotatable bonds is 1. The third kappa shape index (κ3) is 2.99. The lowest BCUT2D eigenvalue weighted by Gasteiger charge is -2.22. The van der Waals surface area contributed by atoms with E-state index in [0.717, 1.165) is 25.2 Å². The first kappa shape index (κ1) is 14.6. The largest absolute Gasteiger partial charge is 0.399 e. The van der Waals surface area contributed by atoms with Crippen molar-refractivity contribution < 1.29 is 0 Å². The maximum absolute atomic E-state index is 5.84. The van der Waals surface area contributed by atoms with Crippen molar-refractivity contribution in [2.75, 3.05) is 25.9 Å². The molecule has 2 N–H and O–H groups in total. The summed E-state index contributed by atoms with van der Waals surface area (Å²) in [6.07, 6.45) is 1.11. The highest BCUT2D eigenvalue weighted by molar-refractivity contribution is 9.10. The third-order valence-electron chi connectivity index (χ3n) is 4.39. The molecule has 0 radical (unpaired) electrons. The molecule has 110 valence electrons. The molecule has 21 heavy (non-hydrogen) atoms. The minimum Gasteiger partial charge on any atom is -0.399 e. The molecule has 1 unspecified atom stereocenters. The monoisotopic (exact) mass is 344 g/mol. The molecule has 1 aliphatic heterocycles. The van der Waals surface area contributed by atoms with Gasteiger partial charge in [-0.25, -0.2) is 0 Å². The predicted octanol–water partition coefficient (Wildman–Crippen LogP) is 3.96. The summed E-state index contributed by atoms with van der Waals surface area (Å²) in [7, 11) is 2.21. The molecule has 0 saturated carbocycles. The highest BCUT2D eigenvalue weighted by atomic mass is 79.9. The van der Waals surface area contributed by atoms with Gasteiger partial charge in [0.2, 0.25) is 0 Å². The molecule has 0 saturated heterocycles. The van der Waals surface area contributed by atoms with E-state index in [1.54, 1.807) is 0 Å². The minimum atomic E-state index is 0.417. The molecule has 0 spiro atoms. The van der Waals surface area contributed by atoms with Crippen LogP contribution >= 0.6 is 15.9 Å². The lowest BCUT2D eigenvalue weighted by atomic mass is 9.87. The minimum absolute atomic E-state index is 0.417. The molecule has 2 nitrogen and oxygen atoms in total. The standard InChI is InChI=1S/C18H21BrN2/c1-12-9-16-14(10-18(12)19)7-8-21(2)11-17(16)13-3-5-15(20)6-4-13/h3-6,9-10,17H,7-8,11,20H2,1-2H3. The Labute approximate surface area is 135 Å². The fourth-order valence-electron chi connectivity index (χ4n) is 3.11. The van der Waals surface area contributed by atoms with Gasteiger partial charge in [0.25, 0.3) is 0 Å². The Morgan fingerprint density at radius 3 is 2.62 bits per heavy atom. The Morgan fingerprint density at radius 1 is 1.19 bits per heavy atom. The molecule has 3 heteroatoms. The van der Waals surface area contributed by atoms with Crippen molar-refractivity contribution in [1.29, 1.82) is 0 Å². The number of halogens is 1. The lowest BCUT2D eigenvalue weighted by molar-refractivity contribution is 0.338. The third-order valence-corrected chi connectivity index (χ3v) is 5.25. The van der Waals surface area contributed by atoms with Gasteiger partial charge in [-0.2, -0.15) is 0 Å². The van der Waals surface area contributed by atoms with Gasteiger partial charge in [-0.3, -0.25) is 0 Å². The average Bonchev–Trinajstić information content (AvgIpc) is 2.61. The van der Waals surface area contributed by atoms with Gasteiger partial charge >= 0.3 is 0 Å². The van der Waals surface area contributed by atoms with Crippen molar-refractivity contribution in [1.82, 2.24) is 4.90 Å². The topological polar surface area (TPSA) is 29.3 Å². The number of aryl methyl sites for hydroxylation is 1. The number of hydrogen-bond acceptors (Lipinski definition) is 2. The molecule has 1 heterocycles. The number of fused-ring (bicyclic) bond motifs is 1. The molecule has 0 fully saturated rings. The van der Waals surface area contributed by atoms with E-state index in [4.69, 9.17) is 5.73 Å². The van der Waals surface area contributed by atoms with Crippen LogP contribution in [-0.4, -0.2) is 25.0 Å². The zero-order valence-electron chi connectivity index (χ0n) is 12.6. The number of benzene rings is 2. The molecule has 1 atom stereocenters. The molecule has 3 rings (SSSR count). The summed E-state index contributed by atoms with van der Waals surface area (Å²) in [5.74, 6) is 0.417. The number of likely N-dealkylation sites (N-methyl/N-ethyl adjacent to an activating group) is 1. The van der Waals surface area contributed by atoms with E-state index < -0.39 is 0 Å². The van der Waals surface area contributed by atoms with Crippen LogP contribution in [0.2, 0.25) is 0 Å². The van der Waals surface area contributed by atoms with Gasteiger partial charge in [0, 0.05) is 29.2 Å². The molecule has 0 aliphatic carbocycles. The summed E-state index contributed by atoms with van der Waals surface area (Å²) >= 11 is 3.67. The van der Waals surface area contributed by atoms with Crippen LogP contribution in [0.5, 0.6) is 0 Å². The maximum atomic E-state index is 5.84. The van der Waals surface area contributed by atoms with Crippen LogP contribution in [-0.2, 0) is 6.42 Å². The molecular formula is C18H21BrN2. The maximum Gasteiger partial charge on any atom is 0.0314 e. The summed E-state index contributed by atoms with van der Waals surface area (Å²) in [4.78, 5) is 2.42. The number of nitrogen functional groups attached to an aromatic ring is 1. The SMILES string of the molecule is Cc1cc2c(cc1Br)CCN(C)CC2c1ccc(N)cc1. The van der Waals surface area contributed by atoms with Crippen LogP contribution in [0, 0.1) is 6.92 Å². The van der Waals surface area contributed by atoms with Crippen molar-refractivity contribution >= 4 is 21.6 Å². The quantitative estimate of drug-likeness (QED) is 0.793. The van der Waals surface area contributed by atoms with E-state index >= 15 is 0 Å². The fourth-order valence-corrected chi connectivity index (χ4v) is 3.50. The normalized spacial score (nSPS) is 19.1. The van der Waals surface area contributed by atoms with Crippen molar-refractivity contribution in [2.24, 2.45) is 0 Å². The zero-order valence-corrected chi connectivity index (χ0v) is 14.2. The molecule has 2 aromatic rings.